The molecule has 0 aromatic rings. The lowest BCUT2D eigenvalue weighted by atomic mass is 9.90. The molecule has 270 valence electrons. The number of unbranched alkanes of at least 4 members (excludes halogenated alkanes) is 14. The van der Waals surface area contributed by atoms with Crippen LogP contribution in [0.3, 0.4) is 0 Å². The summed E-state index contributed by atoms with van der Waals surface area (Å²) < 4.78 is 194. The quantitative estimate of drug-likeness (QED) is 0.0525. The predicted octanol–water partition coefficient (Wildman–Crippen LogP) is 11.7. The van der Waals surface area contributed by atoms with Crippen molar-refractivity contribution in [3.8, 4) is 0 Å². The van der Waals surface area contributed by atoms with Gasteiger partial charge in [-0.05, 0) is 24.4 Å². The highest BCUT2D eigenvalue weighted by Crippen LogP contribution is 2.62. The lowest BCUT2D eigenvalue weighted by Crippen LogP contribution is -2.74. The van der Waals surface area contributed by atoms with E-state index in [1.54, 1.807) is 0 Å². The van der Waals surface area contributed by atoms with Crippen LogP contribution in [0.5, 0.6) is 0 Å². The second-order valence-electron chi connectivity index (χ2n) is 11.2. The van der Waals surface area contributed by atoms with Gasteiger partial charge in [-0.25, -0.2) is 0 Å². The van der Waals surface area contributed by atoms with Crippen LogP contribution in [-0.4, -0.2) is 64.8 Å². The van der Waals surface area contributed by atoms with Crippen LogP contribution in [0.4, 0.5) is 61.5 Å². The van der Waals surface area contributed by atoms with Crippen LogP contribution in [0.25, 0.3) is 0 Å². The van der Waals surface area contributed by atoms with Gasteiger partial charge in [-0.1, -0.05) is 104 Å². The molecule has 0 aliphatic rings. The fraction of sp³-hybridized carbons (Fsp3) is 0.964. The lowest BCUT2D eigenvalue weighted by Gasteiger charge is -2.42. The molecule has 0 saturated heterocycles. The Morgan fingerprint density at radius 2 is 0.711 bits per heavy atom. The zero-order valence-corrected chi connectivity index (χ0v) is 26.0. The predicted molar refractivity (Wildman–Crippen MR) is 142 cm³/mol. The van der Waals surface area contributed by atoms with E-state index in [1.165, 1.54) is 0 Å². The number of alkyl halides is 15. The summed E-state index contributed by atoms with van der Waals surface area (Å²) in [6, 6.07) is 0. The van der Waals surface area contributed by atoms with Crippen molar-refractivity contribution in [3.05, 3.63) is 0 Å². The molecule has 2 nitrogen and oxygen atoms in total. The van der Waals surface area contributed by atoms with Gasteiger partial charge in [0.15, 0.2) is 0 Å². The number of hydrogen-bond donors (Lipinski definition) is 0. The van der Waals surface area contributed by atoms with E-state index in [0.29, 0.717) is 25.7 Å². The molecular weight excluding hydrogens is 668 g/mol. The van der Waals surface area contributed by atoms with Crippen molar-refractivity contribution in [2.75, 3.05) is 13.1 Å². The Balaban J connectivity index is 6.00. The molecule has 0 aromatic heterocycles. The Kier molecular flexibility index (Phi) is 17.3. The molecule has 0 aliphatic heterocycles. The minimum atomic E-state index is -8.25. The third kappa shape index (κ3) is 10.4. The largest absolute Gasteiger partial charge is 0.393 e. The fourth-order valence-corrected chi connectivity index (χ4v) is 4.61. The van der Waals surface area contributed by atoms with E-state index in [4.69, 9.17) is 0 Å². The first-order valence-electron chi connectivity index (χ1n) is 15.1. The van der Waals surface area contributed by atoms with Gasteiger partial charge in [-0.15, -0.1) is 0 Å². The molecule has 0 aliphatic carbocycles. The number of amides is 1. The summed E-state index contributed by atoms with van der Waals surface area (Å²) >= 11 is 3.63. The summed E-state index contributed by atoms with van der Waals surface area (Å²) in [6.45, 7) is 2.52. The van der Waals surface area contributed by atoms with Crippen molar-refractivity contribution in [3.63, 3.8) is 0 Å². The first-order chi connectivity index (χ1) is 20.4. The Morgan fingerprint density at radius 3 is 1.02 bits per heavy atom. The molecule has 0 unspecified atom stereocenters. The Hall–Kier alpha value is -1.22. The summed E-state index contributed by atoms with van der Waals surface area (Å²) in [4.78, 5) is 12.5. The molecule has 0 radical (unpaired) electrons. The molecule has 17 heteroatoms. The minimum absolute atomic E-state index is 0.00988. The maximum atomic E-state index is 14.7. The molecule has 0 fully saturated rings. The number of nitrogens with zero attached hydrogens (tertiary/aromatic N) is 1. The Bertz CT molecular complexity index is 845. The average molecular weight is 710 g/mol. The molecule has 0 bridgehead atoms. The average Bonchev–Trinajstić information content (AvgIpc) is 2.93. The van der Waals surface area contributed by atoms with Crippen molar-refractivity contribution in [2.24, 2.45) is 0 Å². The lowest BCUT2D eigenvalue weighted by molar-refractivity contribution is -0.432. The molecular formula is C28H42ClF14NO. The smallest absolute Gasteiger partial charge is 0.337 e. The van der Waals surface area contributed by atoms with Gasteiger partial charge in [0.25, 0.3) is 5.91 Å². The molecule has 45 heavy (non-hydrogen) atoms. The second kappa shape index (κ2) is 17.8. The highest BCUT2D eigenvalue weighted by Gasteiger charge is 2.93. The van der Waals surface area contributed by atoms with E-state index in [2.05, 4.69) is 11.6 Å². The number of halogens is 15. The fourth-order valence-electron chi connectivity index (χ4n) is 4.49. The number of carbonyl (C=O) groups excluding carboxylic acids is 1. The van der Waals surface area contributed by atoms with E-state index >= 15 is 0 Å². The van der Waals surface area contributed by atoms with Gasteiger partial charge in [0.1, 0.15) is 0 Å². The summed E-state index contributed by atoms with van der Waals surface area (Å²) in [5.41, 5.74) is 0. The van der Waals surface area contributed by atoms with E-state index in [9.17, 15) is 66.3 Å². The molecule has 0 heterocycles. The molecule has 0 atom stereocenters. The van der Waals surface area contributed by atoms with Gasteiger partial charge in [-0.2, -0.15) is 61.5 Å². The van der Waals surface area contributed by atoms with Crippen LogP contribution >= 0.6 is 11.6 Å². The van der Waals surface area contributed by atoms with Crippen molar-refractivity contribution in [2.45, 2.75) is 157 Å². The Labute approximate surface area is 259 Å². The number of rotatable bonds is 25. The van der Waals surface area contributed by atoms with Crippen LogP contribution in [0.15, 0.2) is 0 Å². The van der Waals surface area contributed by atoms with Gasteiger partial charge >= 0.3 is 40.9 Å². The topological polar surface area (TPSA) is 20.3 Å². The van der Waals surface area contributed by atoms with Crippen molar-refractivity contribution >= 4 is 17.5 Å². The monoisotopic (exact) mass is 709 g/mol. The van der Waals surface area contributed by atoms with Gasteiger partial charge < -0.3 is 4.90 Å². The summed E-state index contributed by atoms with van der Waals surface area (Å²) in [5.74, 6) is -49.9. The summed E-state index contributed by atoms with van der Waals surface area (Å²) in [5, 5.41) is -6.70. The van der Waals surface area contributed by atoms with Crippen molar-refractivity contribution in [1.82, 2.24) is 4.90 Å². The van der Waals surface area contributed by atoms with Crippen molar-refractivity contribution < 1.29 is 66.3 Å². The number of carbonyl (C=O) groups is 1. The van der Waals surface area contributed by atoms with Gasteiger partial charge in [0.05, 0.1) is 0 Å². The zero-order chi connectivity index (χ0) is 35.4. The maximum absolute atomic E-state index is 14.7. The third-order valence-electron chi connectivity index (χ3n) is 7.45. The number of hydrogen-bond acceptors (Lipinski definition) is 1. The van der Waals surface area contributed by atoms with Crippen LogP contribution in [0.2, 0.25) is 0 Å². The van der Waals surface area contributed by atoms with Crippen LogP contribution in [-0.2, 0) is 4.79 Å². The highest BCUT2D eigenvalue weighted by atomic mass is 35.5. The molecule has 0 rings (SSSR count). The first-order valence-corrected chi connectivity index (χ1v) is 15.4. The van der Waals surface area contributed by atoms with E-state index in [0.717, 1.165) is 51.4 Å². The van der Waals surface area contributed by atoms with E-state index < -0.39 is 59.9 Å². The second-order valence-corrected chi connectivity index (χ2v) is 11.7. The molecule has 1 amide bonds. The van der Waals surface area contributed by atoms with Gasteiger partial charge in [-0.3, -0.25) is 4.79 Å². The summed E-state index contributed by atoms with van der Waals surface area (Å²) in [7, 11) is 0. The SMILES string of the molecule is CCCCCCCCCCN(CCCCCCCCCC)C(=O)C(F)(F)C(F)(F)C(F)(F)C(F)(F)C(F)(F)C(F)(F)C(F)(F)Cl. The Morgan fingerprint density at radius 1 is 0.444 bits per heavy atom. The van der Waals surface area contributed by atoms with E-state index in [-0.39, 0.29) is 30.6 Å². The van der Waals surface area contributed by atoms with Crippen molar-refractivity contribution in [1.29, 1.82) is 0 Å². The molecule has 0 N–H and O–H groups in total. The molecule has 0 aromatic carbocycles. The van der Waals surface area contributed by atoms with Crippen LogP contribution in [0.1, 0.15) is 117 Å². The highest BCUT2D eigenvalue weighted by molar-refractivity contribution is 6.22. The first kappa shape index (κ1) is 43.8. The minimum Gasteiger partial charge on any atom is -0.337 e. The van der Waals surface area contributed by atoms with Gasteiger partial charge in [0, 0.05) is 13.1 Å². The van der Waals surface area contributed by atoms with E-state index in [1.807, 2.05) is 13.8 Å². The van der Waals surface area contributed by atoms with Crippen LogP contribution in [0, 0.1) is 0 Å². The maximum Gasteiger partial charge on any atom is 0.393 e. The standard InChI is InChI=1S/C28H42ClF14NO/c1-3-5-7-9-11-13-15-17-19-44(20-18-16-14-12-10-8-6-4-2)21(45)22(30,31)23(32,33)24(34,35)25(36,37)26(38,39)27(40,41)28(29,42)43/h3-20H2,1-2H3. The summed E-state index contributed by atoms with van der Waals surface area (Å²) in [6.07, 6.45) is 10.1. The zero-order valence-electron chi connectivity index (χ0n) is 25.3. The molecule has 0 saturated carbocycles. The van der Waals surface area contributed by atoms with Crippen LogP contribution < -0.4 is 0 Å². The normalized spacial score (nSPS) is 14.2. The van der Waals surface area contributed by atoms with Gasteiger partial charge in [0.2, 0.25) is 0 Å². The third-order valence-corrected chi connectivity index (χ3v) is 7.68. The molecule has 0 spiro atoms.